The third-order valence-corrected chi connectivity index (χ3v) is 3.32. The standard InChI is InChI=1S/C16H23N2O/c1-3-4-5-8-11-17-12-13-18(14-17)15-9-6-7-10-16(15)19-2/h6-7,9-10,12-14H,3-5,8,11H2,1-2H3/q+1. The third-order valence-electron chi connectivity index (χ3n) is 3.32. The molecule has 0 aliphatic carbocycles. The summed E-state index contributed by atoms with van der Waals surface area (Å²) in [5, 5.41) is 0. The highest BCUT2D eigenvalue weighted by Crippen LogP contribution is 2.16. The Morgan fingerprint density at radius 3 is 2.79 bits per heavy atom. The van der Waals surface area contributed by atoms with Crippen molar-refractivity contribution in [1.29, 1.82) is 0 Å². The summed E-state index contributed by atoms with van der Waals surface area (Å²) < 4.78 is 9.74. The lowest BCUT2D eigenvalue weighted by atomic mass is 10.2. The van der Waals surface area contributed by atoms with Crippen LogP contribution in [-0.2, 0) is 6.54 Å². The molecule has 2 aromatic rings. The summed E-state index contributed by atoms with van der Waals surface area (Å²) in [7, 11) is 1.71. The van der Waals surface area contributed by atoms with E-state index < -0.39 is 0 Å². The molecule has 0 fully saturated rings. The molecule has 0 aliphatic heterocycles. The maximum Gasteiger partial charge on any atom is 0.249 e. The lowest BCUT2D eigenvalue weighted by Crippen LogP contribution is -2.28. The Bertz CT molecular complexity index is 505. The number of hydrogen-bond acceptors (Lipinski definition) is 1. The highest BCUT2D eigenvalue weighted by Gasteiger charge is 2.10. The van der Waals surface area contributed by atoms with Crippen molar-refractivity contribution >= 4 is 0 Å². The summed E-state index contributed by atoms with van der Waals surface area (Å²) in [4.78, 5) is 0. The van der Waals surface area contributed by atoms with E-state index in [-0.39, 0.29) is 0 Å². The molecule has 2 rings (SSSR count). The second-order valence-electron chi connectivity index (χ2n) is 4.79. The molecule has 0 amide bonds. The van der Waals surface area contributed by atoms with E-state index in [9.17, 15) is 0 Å². The van der Waals surface area contributed by atoms with Gasteiger partial charge in [-0.1, -0.05) is 31.9 Å². The first kappa shape index (κ1) is 13.7. The molecule has 0 bridgehead atoms. The van der Waals surface area contributed by atoms with Crippen LogP contribution in [0.3, 0.4) is 0 Å². The number of aromatic nitrogens is 2. The van der Waals surface area contributed by atoms with Crippen molar-refractivity contribution in [2.75, 3.05) is 7.11 Å². The summed E-state index contributed by atoms with van der Waals surface area (Å²) in [6, 6.07) is 8.08. The molecular formula is C16H23N2O+. The van der Waals surface area contributed by atoms with Crippen molar-refractivity contribution in [3.8, 4) is 11.4 Å². The van der Waals surface area contributed by atoms with Gasteiger partial charge < -0.3 is 4.74 Å². The molecule has 1 heterocycles. The van der Waals surface area contributed by atoms with Crippen LogP contribution in [0, 0.1) is 0 Å². The molecule has 0 saturated carbocycles. The number of benzene rings is 1. The molecule has 0 spiro atoms. The second-order valence-corrected chi connectivity index (χ2v) is 4.79. The summed E-state index contributed by atoms with van der Waals surface area (Å²) in [6.45, 7) is 3.33. The van der Waals surface area contributed by atoms with Crippen molar-refractivity contribution in [2.45, 2.75) is 39.2 Å². The summed E-state index contributed by atoms with van der Waals surface area (Å²) in [6.07, 6.45) is 11.5. The highest BCUT2D eigenvalue weighted by molar-refractivity contribution is 5.39. The average molecular weight is 259 g/mol. The molecule has 3 nitrogen and oxygen atoms in total. The Morgan fingerprint density at radius 1 is 1.16 bits per heavy atom. The Labute approximate surface area is 115 Å². The van der Waals surface area contributed by atoms with Crippen molar-refractivity contribution in [3.05, 3.63) is 43.0 Å². The lowest BCUT2D eigenvalue weighted by molar-refractivity contribution is -0.595. The quantitative estimate of drug-likeness (QED) is 0.551. The maximum atomic E-state index is 5.39. The maximum absolute atomic E-state index is 5.39. The van der Waals surface area contributed by atoms with Crippen LogP contribution in [-0.4, -0.2) is 11.7 Å². The van der Waals surface area contributed by atoms with Crippen LogP contribution in [0.25, 0.3) is 5.69 Å². The number of aryl methyl sites for hydroxylation is 1. The number of rotatable bonds is 7. The molecule has 0 saturated heterocycles. The van der Waals surface area contributed by atoms with E-state index >= 15 is 0 Å². The Morgan fingerprint density at radius 2 is 2.00 bits per heavy atom. The van der Waals surface area contributed by atoms with Crippen molar-refractivity contribution in [1.82, 2.24) is 4.57 Å². The first-order valence-corrected chi connectivity index (χ1v) is 7.05. The zero-order valence-corrected chi connectivity index (χ0v) is 11.9. The molecule has 1 aromatic carbocycles. The molecule has 19 heavy (non-hydrogen) atoms. The number of para-hydroxylation sites is 2. The minimum atomic E-state index is 0.899. The number of imidazole rings is 1. The van der Waals surface area contributed by atoms with E-state index in [1.165, 1.54) is 25.7 Å². The van der Waals surface area contributed by atoms with Crippen LogP contribution in [0.1, 0.15) is 32.6 Å². The van der Waals surface area contributed by atoms with E-state index in [0.717, 1.165) is 18.0 Å². The third kappa shape index (κ3) is 3.60. The van der Waals surface area contributed by atoms with Crippen LogP contribution < -0.4 is 9.30 Å². The van der Waals surface area contributed by atoms with Gasteiger partial charge in [-0.05, 0) is 25.0 Å². The van der Waals surface area contributed by atoms with Gasteiger partial charge in [-0.3, -0.25) is 0 Å². The monoisotopic (exact) mass is 259 g/mol. The first-order valence-electron chi connectivity index (χ1n) is 7.05. The fourth-order valence-corrected chi connectivity index (χ4v) is 2.23. The van der Waals surface area contributed by atoms with Gasteiger partial charge in [0.15, 0.2) is 11.4 Å². The predicted octanol–water partition coefficient (Wildman–Crippen LogP) is 3.35. The Kier molecular flexibility index (Phi) is 5.01. The SMILES string of the molecule is CCCCCCn1cc[n+](-c2ccccc2OC)c1. The van der Waals surface area contributed by atoms with Crippen LogP contribution in [0.15, 0.2) is 43.0 Å². The largest absolute Gasteiger partial charge is 0.492 e. The number of methoxy groups -OCH3 is 1. The summed E-state index contributed by atoms with van der Waals surface area (Å²) >= 11 is 0. The van der Waals surface area contributed by atoms with Gasteiger partial charge in [-0.2, -0.15) is 4.57 Å². The van der Waals surface area contributed by atoms with Crippen molar-refractivity contribution in [3.63, 3.8) is 0 Å². The summed E-state index contributed by atoms with van der Waals surface area (Å²) in [5.41, 5.74) is 1.08. The van der Waals surface area contributed by atoms with Crippen molar-refractivity contribution < 1.29 is 9.30 Å². The number of hydrogen-bond donors (Lipinski definition) is 0. The smallest absolute Gasteiger partial charge is 0.249 e. The van der Waals surface area contributed by atoms with E-state index in [2.05, 4.69) is 40.8 Å². The van der Waals surface area contributed by atoms with Gasteiger partial charge in [0.2, 0.25) is 6.33 Å². The second kappa shape index (κ2) is 6.98. The fourth-order valence-electron chi connectivity index (χ4n) is 2.23. The molecule has 3 heteroatoms. The van der Waals surface area contributed by atoms with E-state index in [1.54, 1.807) is 7.11 Å². The van der Waals surface area contributed by atoms with Crippen LogP contribution in [0.4, 0.5) is 0 Å². The number of nitrogens with zero attached hydrogens (tertiary/aromatic N) is 2. The Hall–Kier alpha value is -1.77. The van der Waals surface area contributed by atoms with Crippen molar-refractivity contribution in [2.24, 2.45) is 0 Å². The van der Waals surface area contributed by atoms with Gasteiger partial charge in [0.1, 0.15) is 12.4 Å². The normalized spacial score (nSPS) is 10.6. The zero-order valence-electron chi connectivity index (χ0n) is 11.9. The number of ether oxygens (including phenoxy) is 1. The molecular weight excluding hydrogens is 236 g/mol. The average Bonchev–Trinajstić information content (AvgIpc) is 2.92. The lowest BCUT2D eigenvalue weighted by Gasteiger charge is -2.03. The molecule has 0 unspecified atom stereocenters. The van der Waals surface area contributed by atoms with Gasteiger partial charge in [-0.25, -0.2) is 4.57 Å². The van der Waals surface area contributed by atoms with E-state index in [0.29, 0.717) is 0 Å². The topological polar surface area (TPSA) is 18.0 Å². The number of unbranched alkanes of at least 4 members (excludes halogenated alkanes) is 3. The highest BCUT2D eigenvalue weighted by atomic mass is 16.5. The predicted molar refractivity (Wildman–Crippen MR) is 76.7 cm³/mol. The van der Waals surface area contributed by atoms with Gasteiger partial charge in [0.05, 0.1) is 13.7 Å². The minimum absolute atomic E-state index is 0.899. The van der Waals surface area contributed by atoms with E-state index in [4.69, 9.17) is 4.74 Å². The van der Waals surface area contributed by atoms with Gasteiger partial charge >= 0.3 is 0 Å². The van der Waals surface area contributed by atoms with Crippen LogP contribution >= 0.6 is 0 Å². The van der Waals surface area contributed by atoms with Crippen LogP contribution in [0.2, 0.25) is 0 Å². The minimum Gasteiger partial charge on any atom is -0.492 e. The first-order chi connectivity index (χ1) is 9.35. The zero-order chi connectivity index (χ0) is 13.5. The molecule has 0 N–H and O–H groups in total. The molecule has 102 valence electrons. The molecule has 0 aliphatic rings. The van der Waals surface area contributed by atoms with Gasteiger partial charge in [0.25, 0.3) is 0 Å². The van der Waals surface area contributed by atoms with Gasteiger partial charge in [0, 0.05) is 0 Å². The Balaban J connectivity index is 2.04. The molecule has 0 radical (unpaired) electrons. The van der Waals surface area contributed by atoms with Crippen LogP contribution in [0.5, 0.6) is 5.75 Å². The van der Waals surface area contributed by atoms with Gasteiger partial charge in [-0.15, -0.1) is 0 Å². The van der Waals surface area contributed by atoms with E-state index in [1.807, 2.05) is 18.2 Å². The molecule has 1 aromatic heterocycles. The fraction of sp³-hybridized carbons (Fsp3) is 0.438. The molecule has 0 atom stereocenters. The summed E-state index contributed by atoms with van der Waals surface area (Å²) in [5.74, 6) is 0.899.